The Kier molecular flexibility index (Phi) is 5.53. The van der Waals surface area contributed by atoms with Gasteiger partial charge in [0.15, 0.2) is 0 Å². The Hall–Kier alpha value is -3.25. The van der Waals surface area contributed by atoms with Crippen molar-refractivity contribution in [2.75, 3.05) is 5.32 Å². The van der Waals surface area contributed by atoms with Crippen LogP contribution in [0.1, 0.15) is 22.0 Å². The fourth-order valence-electron chi connectivity index (χ4n) is 2.98. The highest BCUT2D eigenvalue weighted by atomic mass is 32.1. The molecule has 1 N–H and O–H groups in total. The van der Waals surface area contributed by atoms with E-state index in [0.717, 1.165) is 33.0 Å². The third-order valence-corrected chi connectivity index (χ3v) is 5.33. The van der Waals surface area contributed by atoms with Crippen LogP contribution in [-0.2, 0) is 17.8 Å². The van der Waals surface area contributed by atoms with Crippen LogP contribution >= 0.6 is 11.3 Å². The number of carbonyl (C=O) groups excluding carboxylic acids is 1. The van der Waals surface area contributed by atoms with Gasteiger partial charge in [0.2, 0.25) is 5.91 Å². The number of ether oxygens (including phenoxy) is 1. The van der Waals surface area contributed by atoms with Crippen molar-refractivity contribution in [1.29, 1.82) is 0 Å². The number of amides is 1. The SMILES string of the molecule is Cc1ccc(OCc2nc(CC(=O)Nc3cccc4ccc(C)nc34)cs2)cc1. The van der Waals surface area contributed by atoms with Crippen molar-refractivity contribution in [2.45, 2.75) is 26.9 Å². The van der Waals surface area contributed by atoms with E-state index >= 15 is 0 Å². The molecule has 0 saturated carbocycles. The largest absolute Gasteiger partial charge is 0.486 e. The van der Waals surface area contributed by atoms with E-state index < -0.39 is 0 Å². The zero-order valence-electron chi connectivity index (χ0n) is 16.3. The fraction of sp³-hybridized carbons (Fsp3) is 0.174. The zero-order valence-corrected chi connectivity index (χ0v) is 17.1. The van der Waals surface area contributed by atoms with Crippen molar-refractivity contribution in [3.05, 3.63) is 81.9 Å². The molecular formula is C23H21N3O2S. The number of benzene rings is 2. The van der Waals surface area contributed by atoms with Gasteiger partial charge in [0.1, 0.15) is 17.4 Å². The van der Waals surface area contributed by atoms with Gasteiger partial charge in [-0.15, -0.1) is 11.3 Å². The van der Waals surface area contributed by atoms with Crippen molar-refractivity contribution in [3.63, 3.8) is 0 Å². The first kappa shape index (κ1) is 19.1. The number of hydrogen-bond acceptors (Lipinski definition) is 5. The smallest absolute Gasteiger partial charge is 0.230 e. The summed E-state index contributed by atoms with van der Waals surface area (Å²) in [5.41, 5.74) is 4.36. The number of nitrogens with zero attached hydrogens (tertiary/aromatic N) is 2. The number of carbonyl (C=O) groups is 1. The number of aromatic nitrogens is 2. The monoisotopic (exact) mass is 403 g/mol. The number of nitrogens with one attached hydrogen (secondary N) is 1. The van der Waals surface area contributed by atoms with Gasteiger partial charge in [0.05, 0.1) is 23.3 Å². The molecule has 1 amide bonds. The average molecular weight is 404 g/mol. The summed E-state index contributed by atoms with van der Waals surface area (Å²) >= 11 is 1.50. The van der Waals surface area contributed by atoms with Crippen LogP contribution in [0.25, 0.3) is 10.9 Å². The van der Waals surface area contributed by atoms with E-state index in [9.17, 15) is 4.79 Å². The van der Waals surface area contributed by atoms with Gasteiger partial charge in [-0.05, 0) is 38.1 Å². The van der Waals surface area contributed by atoms with E-state index in [4.69, 9.17) is 4.74 Å². The highest BCUT2D eigenvalue weighted by Gasteiger charge is 2.11. The number of anilines is 1. The van der Waals surface area contributed by atoms with Gasteiger partial charge in [0.25, 0.3) is 0 Å². The number of rotatable bonds is 6. The van der Waals surface area contributed by atoms with Crippen LogP contribution in [-0.4, -0.2) is 15.9 Å². The molecule has 5 nitrogen and oxygen atoms in total. The Balaban J connectivity index is 1.38. The van der Waals surface area contributed by atoms with Gasteiger partial charge in [0, 0.05) is 16.5 Å². The minimum Gasteiger partial charge on any atom is -0.486 e. The van der Waals surface area contributed by atoms with E-state index in [1.54, 1.807) is 0 Å². The normalized spacial score (nSPS) is 10.8. The molecule has 0 aliphatic carbocycles. The summed E-state index contributed by atoms with van der Waals surface area (Å²) in [6.07, 6.45) is 0.212. The van der Waals surface area contributed by atoms with Gasteiger partial charge in [-0.2, -0.15) is 0 Å². The van der Waals surface area contributed by atoms with Crippen LogP contribution in [0.4, 0.5) is 5.69 Å². The molecule has 4 aromatic rings. The molecule has 4 rings (SSSR count). The van der Waals surface area contributed by atoms with Crippen LogP contribution in [0.2, 0.25) is 0 Å². The Morgan fingerprint density at radius 3 is 2.69 bits per heavy atom. The number of aryl methyl sites for hydroxylation is 2. The van der Waals surface area contributed by atoms with Gasteiger partial charge < -0.3 is 10.1 Å². The lowest BCUT2D eigenvalue weighted by molar-refractivity contribution is -0.115. The second kappa shape index (κ2) is 8.41. The van der Waals surface area contributed by atoms with E-state index in [-0.39, 0.29) is 12.3 Å². The van der Waals surface area contributed by atoms with Crippen molar-refractivity contribution in [3.8, 4) is 5.75 Å². The van der Waals surface area contributed by atoms with Crippen molar-refractivity contribution >= 4 is 33.8 Å². The van der Waals surface area contributed by atoms with Gasteiger partial charge in [-0.3, -0.25) is 9.78 Å². The second-order valence-electron chi connectivity index (χ2n) is 6.89. The minimum atomic E-state index is -0.114. The lowest BCUT2D eigenvalue weighted by Crippen LogP contribution is -2.15. The summed E-state index contributed by atoms with van der Waals surface area (Å²) < 4.78 is 5.76. The van der Waals surface area contributed by atoms with E-state index in [1.165, 1.54) is 16.9 Å². The van der Waals surface area contributed by atoms with Crippen LogP contribution in [0, 0.1) is 13.8 Å². The summed E-state index contributed by atoms with van der Waals surface area (Å²) in [6, 6.07) is 17.6. The Labute approximate surface area is 173 Å². The highest BCUT2D eigenvalue weighted by molar-refractivity contribution is 7.09. The van der Waals surface area contributed by atoms with Crippen molar-refractivity contribution in [2.24, 2.45) is 0 Å². The summed E-state index contributed by atoms with van der Waals surface area (Å²) in [4.78, 5) is 21.6. The first-order valence-corrected chi connectivity index (χ1v) is 10.2. The maximum Gasteiger partial charge on any atom is 0.230 e. The number of para-hydroxylation sites is 1. The standard InChI is InChI=1S/C23H21N3O2S/c1-15-6-10-19(11-7-15)28-13-22-25-18(14-29-22)12-21(27)26-20-5-3-4-17-9-8-16(2)24-23(17)20/h3-11,14H,12-13H2,1-2H3,(H,26,27). The Morgan fingerprint density at radius 2 is 1.86 bits per heavy atom. The molecule has 0 spiro atoms. The van der Waals surface area contributed by atoms with Crippen LogP contribution in [0.3, 0.4) is 0 Å². The van der Waals surface area contributed by atoms with E-state index in [0.29, 0.717) is 12.3 Å². The molecular weight excluding hydrogens is 382 g/mol. The predicted octanol–water partition coefficient (Wildman–Crippen LogP) is 5.07. The molecule has 0 radical (unpaired) electrons. The van der Waals surface area contributed by atoms with Crippen LogP contribution in [0.5, 0.6) is 5.75 Å². The van der Waals surface area contributed by atoms with Crippen molar-refractivity contribution < 1.29 is 9.53 Å². The van der Waals surface area contributed by atoms with Gasteiger partial charge in [-0.25, -0.2) is 4.98 Å². The molecule has 0 aliphatic heterocycles. The third-order valence-electron chi connectivity index (χ3n) is 4.46. The van der Waals surface area contributed by atoms with Gasteiger partial charge >= 0.3 is 0 Å². The maximum absolute atomic E-state index is 12.5. The van der Waals surface area contributed by atoms with E-state index in [1.807, 2.05) is 73.8 Å². The number of hydrogen-bond donors (Lipinski definition) is 1. The minimum absolute atomic E-state index is 0.114. The molecule has 0 atom stereocenters. The average Bonchev–Trinajstić information content (AvgIpc) is 3.15. The summed E-state index contributed by atoms with van der Waals surface area (Å²) in [6.45, 7) is 4.37. The molecule has 2 heterocycles. The molecule has 0 unspecified atom stereocenters. The molecule has 0 bridgehead atoms. The first-order chi connectivity index (χ1) is 14.1. The first-order valence-electron chi connectivity index (χ1n) is 9.36. The molecule has 146 valence electrons. The molecule has 6 heteroatoms. The highest BCUT2D eigenvalue weighted by Crippen LogP contribution is 2.22. The molecule has 2 aromatic heterocycles. The Morgan fingerprint density at radius 1 is 1.03 bits per heavy atom. The molecule has 0 fully saturated rings. The second-order valence-corrected chi connectivity index (χ2v) is 7.83. The van der Waals surface area contributed by atoms with Gasteiger partial charge in [-0.1, -0.05) is 35.9 Å². The third kappa shape index (κ3) is 4.78. The lowest BCUT2D eigenvalue weighted by Gasteiger charge is -2.08. The number of thiazole rings is 1. The molecule has 29 heavy (non-hydrogen) atoms. The summed E-state index contributed by atoms with van der Waals surface area (Å²) in [5, 5.41) is 6.71. The number of fused-ring (bicyclic) bond motifs is 1. The van der Waals surface area contributed by atoms with Crippen LogP contribution < -0.4 is 10.1 Å². The van der Waals surface area contributed by atoms with E-state index in [2.05, 4.69) is 15.3 Å². The topological polar surface area (TPSA) is 64.1 Å². The Bertz CT molecular complexity index is 1150. The maximum atomic E-state index is 12.5. The fourth-order valence-corrected chi connectivity index (χ4v) is 3.69. The zero-order chi connectivity index (χ0) is 20.2. The lowest BCUT2D eigenvalue weighted by atomic mass is 10.1. The number of pyridine rings is 1. The summed E-state index contributed by atoms with van der Waals surface area (Å²) in [5.74, 6) is 0.695. The molecule has 0 aliphatic rings. The van der Waals surface area contributed by atoms with Crippen LogP contribution in [0.15, 0.2) is 60.0 Å². The quantitative estimate of drug-likeness (QED) is 0.488. The molecule has 2 aromatic carbocycles. The van der Waals surface area contributed by atoms with Crippen molar-refractivity contribution in [1.82, 2.24) is 9.97 Å². The molecule has 0 saturated heterocycles. The summed E-state index contributed by atoms with van der Waals surface area (Å²) in [7, 11) is 0. The predicted molar refractivity (Wildman–Crippen MR) is 116 cm³/mol.